The first-order valence-electron chi connectivity index (χ1n) is 18.9. The molecule has 3 N–H and O–H groups in total. The normalized spacial score (nSPS) is 26.1. The van der Waals surface area contributed by atoms with Crippen molar-refractivity contribution in [3.8, 4) is 11.5 Å². The number of amides is 2. The molecule has 8 nitrogen and oxygen atoms in total. The van der Waals surface area contributed by atoms with E-state index in [1.54, 1.807) is 19.1 Å². The number of aliphatic hydroxyl groups excluding tert-OH is 1. The maximum absolute atomic E-state index is 14.4. The van der Waals surface area contributed by atoms with Gasteiger partial charge < -0.3 is 29.9 Å². The summed E-state index contributed by atoms with van der Waals surface area (Å²) >= 11 is 0. The largest absolute Gasteiger partial charge is 0.497 e. The summed E-state index contributed by atoms with van der Waals surface area (Å²) in [6.45, 7) is 8.55. The number of carbonyl (C=O) groups is 2. The molecule has 2 fully saturated rings. The molecule has 4 aliphatic rings. The molecule has 4 atom stereocenters. The topological polar surface area (TPSA) is 108 Å². The SMILES string of the molecule is COc1ccc(CN(CC2(O)CCC3c4ccc(cc4C(=O)C4CCCCC4)CC(O)CCC(C)=CCCC32C)C(=O)NC(C)C)c(OC)c1. The third-order valence-electron chi connectivity index (χ3n) is 11.9. The summed E-state index contributed by atoms with van der Waals surface area (Å²) in [5.41, 5.74) is 2.93. The third kappa shape index (κ3) is 8.39. The molecule has 2 saturated carbocycles. The Morgan fingerprint density at radius 3 is 2.46 bits per heavy atom. The molecule has 274 valence electrons. The van der Waals surface area contributed by atoms with Crippen LogP contribution in [0.1, 0.15) is 131 Å². The highest BCUT2D eigenvalue weighted by molar-refractivity contribution is 5.99. The van der Waals surface area contributed by atoms with E-state index in [0.29, 0.717) is 43.6 Å². The number of benzene rings is 2. The Kier molecular flexibility index (Phi) is 12.4. The number of nitrogens with one attached hydrogen (secondary N) is 1. The second-order valence-corrected chi connectivity index (χ2v) is 15.8. The number of hydrogen-bond acceptors (Lipinski definition) is 6. The van der Waals surface area contributed by atoms with Gasteiger partial charge in [-0.25, -0.2) is 4.79 Å². The van der Waals surface area contributed by atoms with Crippen LogP contribution in [0.3, 0.4) is 0 Å². The average Bonchev–Trinajstić information content (AvgIpc) is 3.35. The Morgan fingerprint density at radius 1 is 1.00 bits per heavy atom. The van der Waals surface area contributed by atoms with E-state index in [-0.39, 0.29) is 42.8 Å². The van der Waals surface area contributed by atoms with Crippen LogP contribution < -0.4 is 14.8 Å². The molecule has 2 aromatic carbocycles. The van der Waals surface area contributed by atoms with E-state index in [9.17, 15) is 19.8 Å². The monoisotopic (exact) mass is 688 g/mol. The second kappa shape index (κ2) is 16.3. The van der Waals surface area contributed by atoms with Gasteiger partial charge in [0.05, 0.1) is 39.0 Å². The smallest absolute Gasteiger partial charge is 0.317 e. The molecule has 8 heteroatoms. The summed E-state index contributed by atoms with van der Waals surface area (Å²) in [6.07, 6.45) is 11.5. The van der Waals surface area contributed by atoms with Crippen molar-refractivity contribution in [3.63, 3.8) is 0 Å². The van der Waals surface area contributed by atoms with E-state index in [4.69, 9.17) is 9.47 Å². The van der Waals surface area contributed by atoms with Crippen LogP contribution in [0.25, 0.3) is 0 Å². The fraction of sp³-hybridized carbons (Fsp3) is 0.619. The first-order valence-corrected chi connectivity index (χ1v) is 18.9. The first-order chi connectivity index (χ1) is 23.9. The quantitative estimate of drug-likeness (QED) is 0.181. The van der Waals surface area contributed by atoms with Gasteiger partial charge in [0.25, 0.3) is 0 Å². The Labute approximate surface area is 299 Å². The van der Waals surface area contributed by atoms with Gasteiger partial charge in [0, 0.05) is 34.6 Å². The van der Waals surface area contributed by atoms with Gasteiger partial charge in [-0.2, -0.15) is 0 Å². The van der Waals surface area contributed by atoms with Crippen LogP contribution in [0.5, 0.6) is 11.5 Å². The molecule has 0 radical (unpaired) electrons. The van der Waals surface area contributed by atoms with Crippen LogP contribution in [-0.4, -0.2) is 65.4 Å². The van der Waals surface area contributed by atoms with Crippen LogP contribution in [-0.2, 0) is 13.0 Å². The molecule has 2 aromatic rings. The molecule has 0 saturated heterocycles. The Balaban J connectivity index is 1.57. The van der Waals surface area contributed by atoms with Gasteiger partial charge in [-0.05, 0) is 114 Å². The molecule has 6 rings (SSSR count). The molecule has 50 heavy (non-hydrogen) atoms. The van der Waals surface area contributed by atoms with Crippen molar-refractivity contribution in [2.24, 2.45) is 11.3 Å². The number of ether oxygens (including phenoxy) is 2. The standard InChI is InChI=1S/C42H60N2O6/c1-28(2)43-40(47)44(26-32-16-18-34(49-5)25-38(32)50-6)27-42(48)22-20-37-35-19-15-30(24-36(35)39(46)31-12-8-7-9-13-31)23-33(45)17-14-29(3)11-10-21-41(37,42)4/h11,15-16,18-19,24-25,28,31,33,37,45,48H,7-10,12-14,17,20-23,26-27H2,1-6H3,(H,43,47). The molecular formula is C42H60N2O6. The van der Waals surface area contributed by atoms with E-state index in [1.165, 1.54) is 12.0 Å². The van der Waals surface area contributed by atoms with Crippen LogP contribution >= 0.6 is 0 Å². The highest BCUT2D eigenvalue weighted by Gasteiger charge is 2.57. The van der Waals surface area contributed by atoms with E-state index < -0.39 is 17.1 Å². The predicted octanol–water partition coefficient (Wildman–Crippen LogP) is 8.13. The third-order valence-corrected chi connectivity index (χ3v) is 11.9. The number of nitrogens with zero attached hydrogens (tertiary/aromatic N) is 1. The Bertz CT molecular complexity index is 1530. The highest BCUT2D eigenvalue weighted by atomic mass is 16.5. The minimum atomic E-state index is -1.23. The molecule has 0 spiro atoms. The minimum absolute atomic E-state index is 0.00776. The summed E-state index contributed by atoms with van der Waals surface area (Å²) in [5.74, 6) is 1.41. The average molecular weight is 689 g/mol. The molecule has 2 bridgehead atoms. The number of rotatable bonds is 9. The lowest BCUT2D eigenvalue weighted by molar-refractivity contribution is -0.0781. The van der Waals surface area contributed by atoms with E-state index >= 15 is 0 Å². The van der Waals surface area contributed by atoms with Gasteiger partial charge in [0.15, 0.2) is 5.78 Å². The van der Waals surface area contributed by atoms with Gasteiger partial charge in [-0.15, -0.1) is 0 Å². The molecule has 0 heterocycles. The van der Waals surface area contributed by atoms with Crippen molar-refractivity contribution in [1.29, 1.82) is 0 Å². The Hall–Kier alpha value is -3.36. The summed E-state index contributed by atoms with van der Waals surface area (Å²) < 4.78 is 11.1. The zero-order valence-corrected chi connectivity index (χ0v) is 31.2. The number of urea groups is 1. The summed E-state index contributed by atoms with van der Waals surface area (Å²) in [5, 5.41) is 27.0. The highest BCUT2D eigenvalue weighted by Crippen LogP contribution is 2.59. The van der Waals surface area contributed by atoms with Crippen molar-refractivity contribution in [1.82, 2.24) is 10.2 Å². The van der Waals surface area contributed by atoms with Crippen LogP contribution in [0, 0.1) is 11.3 Å². The van der Waals surface area contributed by atoms with Crippen molar-refractivity contribution in [3.05, 3.63) is 70.3 Å². The number of Topliss-reactive ketones (excluding diaryl/α,β-unsaturated/α-hetero) is 1. The van der Waals surface area contributed by atoms with Crippen molar-refractivity contribution in [2.45, 2.75) is 135 Å². The van der Waals surface area contributed by atoms with E-state index in [0.717, 1.165) is 60.8 Å². The summed E-state index contributed by atoms with van der Waals surface area (Å²) in [7, 11) is 3.22. The lowest BCUT2D eigenvalue weighted by Gasteiger charge is -2.46. The van der Waals surface area contributed by atoms with Crippen LogP contribution in [0.15, 0.2) is 48.0 Å². The number of carbonyl (C=O) groups excluding carboxylic acids is 2. The van der Waals surface area contributed by atoms with Gasteiger partial charge in [0.2, 0.25) is 0 Å². The minimum Gasteiger partial charge on any atom is -0.497 e. The molecule has 4 unspecified atom stereocenters. The lowest BCUT2D eigenvalue weighted by atomic mass is 9.64. The molecular weight excluding hydrogens is 628 g/mol. The van der Waals surface area contributed by atoms with Crippen molar-refractivity contribution < 1.29 is 29.3 Å². The fourth-order valence-electron chi connectivity index (χ4n) is 8.84. The number of ketones is 1. The fourth-order valence-corrected chi connectivity index (χ4v) is 8.84. The number of allylic oxidation sites excluding steroid dienone is 2. The van der Waals surface area contributed by atoms with Crippen LogP contribution in [0.2, 0.25) is 0 Å². The molecule has 0 aliphatic heterocycles. The number of aliphatic hydroxyl groups is 2. The molecule has 2 amide bonds. The maximum atomic E-state index is 14.4. The summed E-state index contributed by atoms with van der Waals surface area (Å²) in [4.78, 5) is 30.0. The predicted molar refractivity (Wildman–Crippen MR) is 198 cm³/mol. The number of fused-ring (bicyclic) bond motifs is 8. The van der Waals surface area contributed by atoms with Crippen molar-refractivity contribution in [2.75, 3.05) is 20.8 Å². The number of methoxy groups -OCH3 is 2. The summed E-state index contributed by atoms with van der Waals surface area (Å²) in [6, 6.07) is 11.5. The molecule has 0 aromatic heterocycles. The lowest BCUT2D eigenvalue weighted by Crippen LogP contribution is -2.55. The van der Waals surface area contributed by atoms with Gasteiger partial charge in [0.1, 0.15) is 11.5 Å². The first kappa shape index (κ1) is 37.9. The van der Waals surface area contributed by atoms with Gasteiger partial charge >= 0.3 is 6.03 Å². The zero-order chi connectivity index (χ0) is 36.1. The van der Waals surface area contributed by atoms with E-state index in [1.807, 2.05) is 32.0 Å². The zero-order valence-electron chi connectivity index (χ0n) is 31.2. The van der Waals surface area contributed by atoms with Crippen LogP contribution in [0.4, 0.5) is 4.79 Å². The maximum Gasteiger partial charge on any atom is 0.317 e. The van der Waals surface area contributed by atoms with Crippen molar-refractivity contribution >= 4 is 11.8 Å². The van der Waals surface area contributed by atoms with Gasteiger partial charge in [-0.1, -0.05) is 50.0 Å². The Morgan fingerprint density at radius 2 is 1.76 bits per heavy atom. The van der Waals surface area contributed by atoms with Gasteiger partial charge in [-0.3, -0.25) is 4.79 Å². The van der Waals surface area contributed by atoms with E-state index in [2.05, 4.69) is 43.4 Å². The number of hydrogen-bond donors (Lipinski definition) is 3. The molecule has 4 aliphatic carbocycles. The second-order valence-electron chi connectivity index (χ2n) is 15.8.